The quantitative estimate of drug-likeness (QED) is 0.694. The predicted octanol–water partition coefficient (Wildman–Crippen LogP) is 3.38. The molecule has 0 radical (unpaired) electrons. The van der Waals surface area contributed by atoms with E-state index in [4.69, 9.17) is 9.47 Å². The van der Waals surface area contributed by atoms with Crippen molar-refractivity contribution in [3.8, 4) is 5.75 Å². The smallest absolute Gasteiger partial charge is 0.119 e. The van der Waals surface area contributed by atoms with Crippen LogP contribution in [0.3, 0.4) is 0 Å². The maximum absolute atomic E-state index is 5.72. The fraction of sp³-hybridized carbons (Fsp3) is 0.625. The van der Waals surface area contributed by atoms with Crippen LogP contribution in [0.5, 0.6) is 5.75 Å². The molecule has 3 heteroatoms. The minimum atomic E-state index is -0.121. The highest BCUT2D eigenvalue weighted by Gasteiger charge is 2.15. The SMILES string of the molecule is CCCNCc1ccc(OCCC(C)(C)OC)cc1. The summed E-state index contributed by atoms with van der Waals surface area (Å²) in [5.41, 5.74) is 1.17. The molecular weight excluding hydrogens is 238 g/mol. The van der Waals surface area contributed by atoms with Crippen LogP contribution in [0.15, 0.2) is 24.3 Å². The molecule has 1 aromatic rings. The minimum absolute atomic E-state index is 0.121. The summed E-state index contributed by atoms with van der Waals surface area (Å²) in [6.45, 7) is 8.96. The summed E-state index contributed by atoms with van der Waals surface area (Å²) in [6.07, 6.45) is 2.04. The van der Waals surface area contributed by atoms with E-state index >= 15 is 0 Å². The van der Waals surface area contributed by atoms with Crippen LogP contribution in [-0.2, 0) is 11.3 Å². The molecular formula is C16H27NO2. The van der Waals surface area contributed by atoms with Gasteiger partial charge in [0.05, 0.1) is 12.2 Å². The third-order valence-corrected chi connectivity index (χ3v) is 3.20. The van der Waals surface area contributed by atoms with Gasteiger partial charge in [0, 0.05) is 20.1 Å². The second-order valence-corrected chi connectivity index (χ2v) is 5.38. The Bertz CT molecular complexity index is 346. The molecule has 0 aliphatic rings. The first-order chi connectivity index (χ1) is 9.07. The van der Waals surface area contributed by atoms with Gasteiger partial charge in [0.25, 0.3) is 0 Å². The van der Waals surface area contributed by atoms with E-state index in [2.05, 4.69) is 38.2 Å². The number of hydrogen-bond donors (Lipinski definition) is 1. The molecule has 0 unspecified atom stereocenters. The molecule has 0 heterocycles. The maximum Gasteiger partial charge on any atom is 0.119 e. The van der Waals surface area contributed by atoms with Crippen molar-refractivity contribution in [2.24, 2.45) is 0 Å². The van der Waals surface area contributed by atoms with Gasteiger partial charge in [-0.2, -0.15) is 0 Å². The molecule has 0 fully saturated rings. The van der Waals surface area contributed by atoms with Crippen LogP contribution < -0.4 is 10.1 Å². The van der Waals surface area contributed by atoms with E-state index < -0.39 is 0 Å². The monoisotopic (exact) mass is 265 g/mol. The van der Waals surface area contributed by atoms with Crippen molar-refractivity contribution >= 4 is 0 Å². The Morgan fingerprint density at radius 3 is 2.42 bits per heavy atom. The van der Waals surface area contributed by atoms with Gasteiger partial charge in [-0.05, 0) is 44.5 Å². The normalized spacial score (nSPS) is 11.6. The molecule has 0 aliphatic heterocycles. The van der Waals surface area contributed by atoms with Gasteiger partial charge in [-0.25, -0.2) is 0 Å². The van der Waals surface area contributed by atoms with Gasteiger partial charge >= 0.3 is 0 Å². The molecule has 108 valence electrons. The molecule has 1 rings (SSSR count). The number of rotatable bonds is 9. The van der Waals surface area contributed by atoms with E-state index in [1.807, 2.05) is 12.1 Å². The van der Waals surface area contributed by atoms with Gasteiger partial charge in [-0.3, -0.25) is 0 Å². The lowest BCUT2D eigenvalue weighted by molar-refractivity contribution is 0.00545. The van der Waals surface area contributed by atoms with E-state index in [0.29, 0.717) is 6.61 Å². The lowest BCUT2D eigenvalue weighted by atomic mass is 10.1. The van der Waals surface area contributed by atoms with Crippen LogP contribution in [0.25, 0.3) is 0 Å². The van der Waals surface area contributed by atoms with E-state index in [0.717, 1.165) is 31.7 Å². The molecule has 0 atom stereocenters. The Morgan fingerprint density at radius 1 is 1.16 bits per heavy atom. The summed E-state index contributed by atoms with van der Waals surface area (Å²) >= 11 is 0. The molecule has 0 amide bonds. The Morgan fingerprint density at radius 2 is 1.84 bits per heavy atom. The predicted molar refractivity (Wildman–Crippen MR) is 79.6 cm³/mol. The fourth-order valence-electron chi connectivity index (χ4n) is 1.63. The first-order valence-corrected chi connectivity index (χ1v) is 7.05. The van der Waals surface area contributed by atoms with Gasteiger partial charge in [-0.1, -0.05) is 19.1 Å². The zero-order valence-electron chi connectivity index (χ0n) is 12.7. The van der Waals surface area contributed by atoms with Crippen molar-refractivity contribution in [2.45, 2.75) is 45.8 Å². The lowest BCUT2D eigenvalue weighted by Crippen LogP contribution is -2.25. The lowest BCUT2D eigenvalue weighted by Gasteiger charge is -2.22. The first kappa shape index (κ1) is 16.0. The number of methoxy groups -OCH3 is 1. The Hall–Kier alpha value is -1.06. The van der Waals surface area contributed by atoms with Crippen molar-refractivity contribution in [1.82, 2.24) is 5.32 Å². The van der Waals surface area contributed by atoms with E-state index in [1.165, 1.54) is 5.56 Å². The van der Waals surface area contributed by atoms with Crippen molar-refractivity contribution < 1.29 is 9.47 Å². The van der Waals surface area contributed by atoms with Crippen LogP contribution in [0, 0.1) is 0 Å². The zero-order chi connectivity index (χ0) is 14.1. The van der Waals surface area contributed by atoms with Gasteiger partial charge < -0.3 is 14.8 Å². The van der Waals surface area contributed by atoms with E-state index in [-0.39, 0.29) is 5.60 Å². The van der Waals surface area contributed by atoms with Gasteiger partial charge in [0.1, 0.15) is 5.75 Å². The highest BCUT2D eigenvalue weighted by Crippen LogP contribution is 2.16. The van der Waals surface area contributed by atoms with Gasteiger partial charge in [-0.15, -0.1) is 0 Å². The fourth-order valence-corrected chi connectivity index (χ4v) is 1.63. The first-order valence-electron chi connectivity index (χ1n) is 7.05. The summed E-state index contributed by atoms with van der Waals surface area (Å²) in [4.78, 5) is 0. The summed E-state index contributed by atoms with van der Waals surface area (Å²) < 4.78 is 11.1. The molecule has 0 spiro atoms. The van der Waals surface area contributed by atoms with Crippen LogP contribution in [0.1, 0.15) is 39.2 Å². The van der Waals surface area contributed by atoms with E-state index in [1.54, 1.807) is 7.11 Å². The third-order valence-electron chi connectivity index (χ3n) is 3.20. The molecule has 0 aromatic heterocycles. The van der Waals surface area contributed by atoms with Crippen molar-refractivity contribution in [3.05, 3.63) is 29.8 Å². The highest BCUT2D eigenvalue weighted by molar-refractivity contribution is 5.27. The molecule has 1 aromatic carbocycles. The summed E-state index contributed by atoms with van der Waals surface area (Å²) in [5.74, 6) is 0.922. The topological polar surface area (TPSA) is 30.5 Å². The average Bonchev–Trinajstić information content (AvgIpc) is 2.41. The molecule has 19 heavy (non-hydrogen) atoms. The second kappa shape index (κ2) is 8.18. The highest BCUT2D eigenvalue weighted by atomic mass is 16.5. The third kappa shape index (κ3) is 6.60. The summed E-state index contributed by atoms with van der Waals surface area (Å²) in [5, 5.41) is 3.38. The minimum Gasteiger partial charge on any atom is -0.493 e. The van der Waals surface area contributed by atoms with Crippen molar-refractivity contribution in [2.75, 3.05) is 20.3 Å². The zero-order valence-corrected chi connectivity index (χ0v) is 12.7. The van der Waals surface area contributed by atoms with Crippen molar-refractivity contribution in [1.29, 1.82) is 0 Å². The molecule has 0 aliphatic carbocycles. The number of nitrogens with one attached hydrogen (secondary N) is 1. The molecule has 0 bridgehead atoms. The second-order valence-electron chi connectivity index (χ2n) is 5.38. The average molecular weight is 265 g/mol. The van der Waals surface area contributed by atoms with Gasteiger partial charge in [0.15, 0.2) is 0 Å². The number of hydrogen-bond acceptors (Lipinski definition) is 3. The Kier molecular flexibility index (Phi) is 6.89. The number of benzene rings is 1. The maximum atomic E-state index is 5.72. The van der Waals surface area contributed by atoms with Gasteiger partial charge in [0.2, 0.25) is 0 Å². The van der Waals surface area contributed by atoms with Crippen LogP contribution in [0.4, 0.5) is 0 Å². The van der Waals surface area contributed by atoms with Crippen LogP contribution in [0.2, 0.25) is 0 Å². The Balaban J connectivity index is 2.32. The molecule has 3 nitrogen and oxygen atoms in total. The van der Waals surface area contributed by atoms with Crippen molar-refractivity contribution in [3.63, 3.8) is 0 Å². The Labute approximate surface area is 117 Å². The standard InChI is InChI=1S/C16H27NO2/c1-5-11-17-13-14-6-8-15(9-7-14)19-12-10-16(2,3)18-4/h6-9,17H,5,10-13H2,1-4H3. The number of ether oxygens (including phenoxy) is 2. The molecule has 0 saturated heterocycles. The summed E-state index contributed by atoms with van der Waals surface area (Å²) in [7, 11) is 1.73. The summed E-state index contributed by atoms with van der Waals surface area (Å²) in [6, 6.07) is 8.28. The molecule has 0 saturated carbocycles. The van der Waals surface area contributed by atoms with Crippen LogP contribution >= 0.6 is 0 Å². The van der Waals surface area contributed by atoms with E-state index in [9.17, 15) is 0 Å². The molecule has 1 N–H and O–H groups in total. The largest absolute Gasteiger partial charge is 0.493 e. The van der Waals surface area contributed by atoms with Crippen LogP contribution in [-0.4, -0.2) is 25.9 Å².